The molecule has 1 aliphatic carbocycles. The lowest BCUT2D eigenvalue weighted by atomic mass is 9.68. The Balaban J connectivity index is 1.05. The van der Waals surface area contributed by atoms with Crippen molar-refractivity contribution in [2.45, 2.75) is 5.41 Å². The van der Waals surface area contributed by atoms with Crippen LogP contribution < -0.4 is 4.90 Å². The molecule has 1 aromatic heterocycles. The standard InChI is InChI=1S/C61H42N2/c1-5-19-43(20-6-1)44-21-17-29-50(39-44)62(51-30-18-22-45(40-51)46-35-38-60-56(41-46)54-32-14-16-34-59(54)63(60)49-27-11-4-12-28-49)52-36-37-58-55(42-52)53-31-13-15-33-57(53)61(58,47-23-7-2-8-24-47)48-25-9-3-10-26-48/h1-42H. The smallest absolute Gasteiger partial charge is 0.0713 e. The van der Waals surface area contributed by atoms with E-state index in [1.165, 1.54) is 71.9 Å². The molecule has 0 spiro atoms. The molecule has 2 nitrogen and oxygen atoms in total. The summed E-state index contributed by atoms with van der Waals surface area (Å²) in [4.78, 5) is 2.43. The summed E-state index contributed by atoms with van der Waals surface area (Å²) < 4.78 is 2.38. The molecule has 63 heavy (non-hydrogen) atoms. The van der Waals surface area contributed by atoms with Crippen molar-refractivity contribution in [2.75, 3.05) is 4.90 Å². The summed E-state index contributed by atoms with van der Waals surface area (Å²) in [6.45, 7) is 0. The van der Waals surface area contributed by atoms with Crippen molar-refractivity contribution in [1.29, 1.82) is 0 Å². The molecule has 0 fully saturated rings. The van der Waals surface area contributed by atoms with Crippen LogP contribution in [0, 0.1) is 0 Å². The number of fused-ring (bicyclic) bond motifs is 6. The predicted octanol–water partition coefficient (Wildman–Crippen LogP) is 16.0. The van der Waals surface area contributed by atoms with Crippen LogP contribution in [-0.2, 0) is 5.41 Å². The third-order valence-corrected chi connectivity index (χ3v) is 13.0. The summed E-state index contributed by atoms with van der Waals surface area (Å²) in [5, 5.41) is 2.48. The maximum absolute atomic E-state index is 2.43. The Labute approximate surface area is 368 Å². The lowest BCUT2D eigenvalue weighted by Crippen LogP contribution is -2.28. The molecule has 0 N–H and O–H groups in total. The fraction of sp³-hybridized carbons (Fsp3) is 0.0164. The number of aromatic nitrogens is 1. The molecular weight excluding hydrogens is 761 g/mol. The minimum absolute atomic E-state index is 0.465. The Hall–Kier alpha value is -8.20. The molecule has 10 aromatic carbocycles. The molecule has 0 amide bonds. The largest absolute Gasteiger partial charge is 0.310 e. The second-order valence-electron chi connectivity index (χ2n) is 16.5. The number of anilines is 3. The fourth-order valence-corrected chi connectivity index (χ4v) is 10.3. The number of para-hydroxylation sites is 2. The quantitative estimate of drug-likeness (QED) is 0.149. The SMILES string of the molecule is c1ccc(-c2cccc(N(c3cccc(-c4ccc5c(c4)c4ccccc4n5-c4ccccc4)c3)c3ccc4c(c3)-c3ccccc3C4(c3ccccc3)c3ccccc3)c2)cc1. The van der Waals surface area contributed by atoms with E-state index < -0.39 is 5.41 Å². The highest BCUT2D eigenvalue weighted by Gasteiger charge is 2.46. The van der Waals surface area contributed by atoms with E-state index in [2.05, 4.69) is 264 Å². The molecular formula is C61H42N2. The number of benzene rings is 10. The Morgan fingerprint density at radius 3 is 1.51 bits per heavy atom. The molecule has 0 atom stereocenters. The first-order valence-corrected chi connectivity index (χ1v) is 21.8. The van der Waals surface area contributed by atoms with E-state index in [9.17, 15) is 0 Å². The lowest BCUT2D eigenvalue weighted by Gasteiger charge is -2.34. The monoisotopic (exact) mass is 802 g/mol. The minimum Gasteiger partial charge on any atom is -0.310 e. The maximum Gasteiger partial charge on any atom is 0.0713 e. The van der Waals surface area contributed by atoms with Gasteiger partial charge in [0.1, 0.15) is 0 Å². The topological polar surface area (TPSA) is 8.17 Å². The summed E-state index contributed by atoms with van der Waals surface area (Å²) in [6, 6.07) is 93.2. The van der Waals surface area contributed by atoms with Gasteiger partial charge in [0, 0.05) is 33.5 Å². The Kier molecular flexibility index (Phi) is 8.76. The molecule has 0 unspecified atom stereocenters. The lowest BCUT2D eigenvalue weighted by molar-refractivity contribution is 0.768. The van der Waals surface area contributed by atoms with Gasteiger partial charge < -0.3 is 9.47 Å². The predicted molar refractivity (Wildman–Crippen MR) is 264 cm³/mol. The molecule has 296 valence electrons. The summed E-state index contributed by atoms with van der Waals surface area (Å²) in [5.41, 5.74) is 18.7. The van der Waals surface area contributed by atoms with Crippen LogP contribution in [0.25, 0.3) is 60.9 Å². The number of hydrogen-bond acceptors (Lipinski definition) is 1. The van der Waals surface area contributed by atoms with Crippen molar-refractivity contribution in [2.24, 2.45) is 0 Å². The van der Waals surface area contributed by atoms with Crippen molar-refractivity contribution in [3.63, 3.8) is 0 Å². The molecule has 0 saturated heterocycles. The van der Waals surface area contributed by atoms with Gasteiger partial charge in [0.2, 0.25) is 0 Å². The van der Waals surface area contributed by atoms with Gasteiger partial charge in [-0.3, -0.25) is 0 Å². The Morgan fingerprint density at radius 2 is 0.810 bits per heavy atom. The third-order valence-electron chi connectivity index (χ3n) is 13.0. The summed E-state index contributed by atoms with van der Waals surface area (Å²) >= 11 is 0. The first-order valence-electron chi connectivity index (χ1n) is 21.8. The molecule has 11 aromatic rings. The molecule has 1 heterocycles. The third kappa shape index (κ3) is 5.95. The minimum atomic E-state index is -0.465. The first-order chi connectivity index (χ1) is 31.3. The summed E-state index contributed by atoms with van der Waals surface area (Å²) in [7, 11) is 0. The molecule has 0 radical (unpaired) electrons. The van der Waals surface area contributed by atoms with Crippen LogP contribution in [0.5, 0.6) is 0 Å². The molecule has 2 heteroatoms. The zero-order valence-electron chi connectivity index (χ0n) is 34.6. The van der Waals surface area contributed by atoms with E-state index >= 15 is 0 Å². The van der Waals surface area contributed by atoms with Gasteiger partial charge in [-0.1, -0.05) is 188 Å². The molecule has 0 saturated carbocycles. The van der Waals surface area contributed by atoms with Gasteiger partial charge >= 0.3 is 0 Å². The van der Waals surface area contributed by atoms with Crippen molar-refractivity contribution >= 4 is 38.9 Å². The maximum atomic E-state index is 2.43. The van der Waals surface area contributed by atoms with Crippen LogP contribution >= 0.6 is 0 Å². The first kappa shape index (κ1) is 36.6. The normalized spacial score (nSPS) is 12.6. The van der Waals surface area contributed by atoms with Gasteiger partial charge in [0.25, 0.3) is 0 Å². The van der Waals surface area contributed by atoms with E-state index in [0.29, 0.717) is 0 Å². The van der Waals surface area contributed by atoms with Gasteiger partial charge in [-0.05, 0) is 122 Å². The fourth-order valence-electron chi connectivity index (χ4n) is 10.3. The van der Waals surface area contributed by atoms with Gasteiger partial charge in [-0.2, -0.15) is 0 Å². The molecule has 0 bridgehead atoms. The van der Waals surface area contributed by atoms with Crippen LogP contribution in [0.15, 0.2) is 255 Å². The number of rotatable bonds is 8. The number of hydrogen-bond donors (Lipinski definition) is 0. The van der Waals surface area contributed by atoms with E-state index in [1.807, 2.05) is 0 Å². The highest BCUT2D eigenvalue weighted by atomic mass is 15.1. The van der Waals surface area contributed by atoms with E-state index in [-0.39, 0.29) is 0 Å². The zero-order valence-corrected chi connectivity index (χ0v) is 34.6. The van der Waals surface area contributed by atoms with Crippen molar-refractivity contribution in [3.8, 4) is 39.1 Å². The molecule has 0 aliphatic heterocycles. The van der Waals surface area contributed by atoms with Gasteiger partial charge in [-0.15, -0.1) is 0 Å². The highest BCUT2D eigenvalue weighted by Crippen LogP contribution is 2.57. The van der Waals surface area contributed by atoms with Gasteiger partial charge in [0.15, 0.2) is 0 Å². The van der Waals surface area contributed by atoms with Crippen LogP contribution in [0.2, 0.25) is 0 Å². The summed E-state index contributed by atoms with van der Waals surface area (Å²) in [6.07, 6.45) is 0. The Morgan fingerprint density at radius 1 is 0.302 bits per heavy atom. The Bertz CT molecular complexity index is 3400. The van der Waals surface area contributed by atoms with E-state index in [1.54, 1.807) is 0 Å². The van der Waals surface area contributed by atoms with Crippen LogP contribution in [0.3, 0.4) is 0 Å². The highest BCUT2D eigenvalue weighted by molar-refractivity contribution is 6.10. The van der Waals surface area contributed by atoms with Crippen molar-refractivity contribution in [3.05, 3.63) is 277 Å². The second kappa shape index (κ2) is 15.1. The average Bonchev–Trinajstić information content (AvgIpc) is 3.86. The van der Waals surface area contributed by atoms with E-state index in [0.717, 1.165) is 28.3 Å². The molecule has 12 rings (SSSR count). The van der Waals surface area contributed by atoms with Crippen LogP contribution in [0.1, 0.15) is 22.3 Å². The van der Waals surface area contributed by atoms with Crippen molar-refractivity contribution in [1.82, 2.24) is 4.57 Å². The van der Waals surface area contributed by atoms with E-state index in [4.69, 9.17) is 0 Å². The van der Waals surface area contributed by atoms with Crippen molar-refractivity contribution < 1.29 is 0 Å². The molecule has 1 aliphatic rings. The van der Waals surface area contributed by atoms with Gasteiger partial charge in [-0.25, -0.2) is 0 Å². The van der Waals surface area contributed by atoms with Gasteiger partial charge in [0.05, 0.1) is 16.4 Å². The zero-order chi connectivity index (χ0) is 41.7. The summed E-state index contributed by atoms with van der Waals surface area (Å²) in [5.74, 6) is 0. The average molecular weight is 803 g/mol. The van der Waals surface area contributed by atoms with Crippen LogP contribution in [-0.4, -0.2) is 4.57 Å². The number of nitrogens with zero attached hydrogens (tertiary/aromatic N) is 2. The second-order valence-corrected chi connectivity index (χ2v) is 16.5. The van der Waals surface area contributed by atoms with Crippen LogP contribution in [0.4, 0.5) is 17.1 Å².